The van der Waals surface area contributed by atoms with Crippen LogP contribution in [-0.2, 0) is 0 Å². The van der Waals surface area contributed by atoms with Gasteiger partial charge in [0.15, 0.2) is 5.88 Å². The summed E-state index contributed by atoms with van der Waals surface area (Å²) < 4.78 is 0. The van der Waals surface area contributed by atoms with Crippen LogP contribution in [0.4, 0.5) is 0 Å². The first-order valence-electron chi connectivity index (χ1n) is 7.17. The molecule has 0 unspecified atom stereocenters. The summed E-state index contributed by atoms with van der Waals surface area (Å²) in [6, 6.07) is 8.36. The number of para-hydroxylation sites is 1. The summed E-state index contributed by atoms with van der Waals surface area (Å²) in [6.45, 7) is 0. The topological polar surface area (TPSA) is 48.4 Å². The maximum Gasteiger partial charge on any atom is 0.198 e. The predicted octanol–water partition coefficient (Wildman–Crippen LogP) is 4.02. The van der Waals surface area contributed by atoms with Gasteiger partial charge in [-0.3, -0.25) is 4.99 Å². The van der Waals surface area contributed by atoms with E-state index in [2.05, 4.69) is 4.98 Å². The van der Waals surface area contributed by atoms with Gasteiger partial charge in [0.1, 0.15) is 0 Å². The molecule has 0 atom stereocenters. The molecule has 1 aliphatic rings. The number of aromatic nitrogens is 1. The summed E-state index contributed by atoms with van der Waals surface area (Å²) >= 11 is 0. The molecule has 0 aliphatic heterocycles. The zero-order valence-electron chi connectivity index (χ0n) is 11.1. The van der Waals surface area contributed by atoms with Crippen LogP contribution in [0.1, 0.15) is 44.1 Å². The minimum absolute atomic E-state index is 0.221. The molecule has 0 spiro atoms. The van der Waals surface area contributed by atoms with Crippen LogP contribution in [0.2, 0.25) is 0 Å². The Morgan fingerprint density at radius 2 is 1.84 bits per heavy atom. The maximum absolute atomic E-state index is 9.97. The number of fused-ring (bicyclic) bond motifs is 1. The van der Waals surface area contributed by atoms with Crippen LogP contribution in [0.3, 0.4) is 0 Å². The molecule has 1 saturated carbocycles. The first-order valence-corrected chi connectivity index (χ1v) is 7.17. The van der Waals surface area contributed by atoms with E-state index in [-0.39, 0.29) is 5.88 Å². The van der Waals surface area contributed by atoms with Crippen LogP contribution < -0.4 is 0 Å². The molecule has 0 amide bonds. The summed E-state index contributed by atoms with van der Waals surface area (Å²) in [6.07, 6.45) is 9.45. The van der Waals surface area contributed by atoms with Gasteiger partial charge >= 0.3 is 0 Å². The Kier molecular flexibility index (Phi) is 3.53. The largest absolute Gasteiger partial charge is 0.494 e. The summed E-state index contributed by atoms with van der Waals surface area (Å²) in [5.74, 6) is 0.221. The van der Waals surface area contributed by atoms with Gasteiger partial charge in [-0.2, -0.15) is 0 Å². The number of rotatable bonds is 2. The van der Waals surface area contributed by atoms with Gasteiger partial charge in [0.2, 0.25) is 0 Å². The van der Waals surface area contributed by atoms with E-state index in [1.165, 1.54) is 38.5 Å². The zero-order chi connectivity index (χ0) is 13.1. The highest BCUT2D eigenvalue weighted by Gasteiger charge is 2.12. The molecule has 0 radical (unpaired) electrons. The maximum atomic E-state index is 9.97. The molecule has 2 aromatic rings. The second-order valence-corrected chi connectivity index (χ2v) is 5.36. The molecular weight excluding hydrogens is 236 g/mol. The first kappa shape index (κ1) is 12.3. The van der Waals surface area contributed by atoms with Crippen LogP contribution in [-0.4, -0.2) is 22.3 Å². The van der Waals surface area contributed by atoms with Crippen LogP contribution in [0.15, 0.2) is 29.3 Å². The van der Waals surface area contributed by atoms with Crippen molar-refractivity contribution in [2.75, 3.05) is 0 Å². The Morgan fingerprint density at radius 3 is 2.63 bits per heavy atom. The average molecular weight is 256 g/mol. The van der Waals surface area contributed by atoms with Gasteiger partial charge in [0.25, 0.3) is 0 Å². The molecular formula is C16H20N2O. The molecule has 0 saturated heterocycles. The summed E-state index contributed by atoms with van der Waals surface area (Å²) in [7, 11) is 0. The van der Waals surface area contributed by atoms with Gasteiger partial charge in [-0.25, -0.2) is 0 Å². The average Bonchev–Trinajstić information content (AvgIpc) is 2.61. The number of nitrogens with one attached hydrogen (secondary N) is 1. The Hall–Kier alpha value is -1.77. The van der Waals surface area contributed by atoms with E-state index in [0.29, 0.717) is 6.04 Å². The van der Waals surface area contributed by atoms with Crippen molar-refractivity contribution >= 4 is 17.1 Å². The van der Waals surface area contributed by atoms with Crippen molar-refractivity contribution in [3.63, 3.8) is 0 Å². The van der Waals surface area contributed by atoms with Crippen LogP contribution in [0.5, 0.6) is 5.88 Å². The van der Waals surface area contributed by atoms with Crippen molar-refractivity contribution < 1.29 is 5.11 Å². The van der Waals surface area contributed by atoms with Gasteiger partial charge in [-0.1, -0.05) is 43.9 Å². The van der Waals surface area contributed by atoms with Gasteiger partial charge in [-0.05, 0) is 18.9 Å². The number of H-pyrrole nitrogens is 1. The highest BCUT2D eigenvalue weighted by Crippen LogP contribution is 2.26. The summed E-state index contributed by atoms with van der Waals surface area (Å²) in [5, 5.41) is 11.0. The summed E-state index contributed by atoms with van der Waals surface area (Å²) in [4.78, 5) is 7.68. The minimum Gasteiger partial charge on any atom is -0.494 e. The molecule has 1 aromatic carbocycles. The second-order valence-electron chi connectivity index (χ2n) is 5.36. The number of aliphatic imine (C=N–C) groups is 1. The van der Waals surface area contributed by atoms with Crippen molar-refractivity contribution in [3.05, 3.63) is 29.8 Å². The lowest BCUT2D eigenvalue weighted by Gasteiger charge is -2.07. The van der Waals surface area contributed by atoms with Crippen molar-refractivity contribution in [2.24, 2.45) is 4.99 Å². The monoisotopic (exact) mass is 256 g/mol. The zero-order valence-corrected chi connectivity index (χ0v) is 11.1. The van der Waals surface area contributed by atoms with Crippen molar-refractivity contribution in [2.45, 2.75) is 44.6 Å². The van der Waals surface area contributed by atoms with Crippen LogP contribution >= 0.6 is 0 Å². The van der Waals surface area contributed by atoms with Crippen LogP contribution in [0.25, 0.3) is 10.9 Å². The molecule has 19 heavy (non-hydrogen) atoms. The predicted molar refractivity (Wildman–Crippen MR) is 79.0 cm³/mol. The molecule has 1 heterocycles. The number of hydrogen-bond donors (Lipinski definition) is 2. The van der Waals surface area contributed by atoms with Crippen molar-refractivity contribution in [3.8, 4) is 5.88 Å². The van der Waals surface area contributed by atoms with Gasteiger partial charge < -0.3 is 10.1 Å². The third kappa shape index (κ3) is 2.65. The van der Waals surface area contributed by atoms with E-state index in [1.54, 1.807) is 0 Å². The molecule has 3 heteroatoms. The SMILES string of the molecule is Oc1[nH]c2ccccc2c1C=NC1CCCCCC1. The highest BCUT2D eigenvalue weighted by atomic mass is 16.3. The first-order chi connectivity index (χ1) is 9.34. The Bertz CT molecular complexity index is 577. The lowest BCUT2D eigenvalue weighted by atomic mass is 10.1. The molecule has 2 N–H and O–H groups in total. The number of benzene rings is 1. The Labute approximate surface area is 113 Å². The standard InChI is InChI=1S/C16H20N2O/c19-16-14(13-9-5-6-10-15(13)18-16)11-17-12-7-3-1-2-4-8-12/h5-6,9-12,18-19H,1-4,7-8H2. The number of nitrogens with zero attached hydrogens (tertiary/aromatic N) is 1. The third-order valence-electron chi connectivity index (χ3n) is 3.96. The molecule has 1 fully saturated rings. The van der Waals surface area contributed by atoms with E-state index < -0.39 is 0 Å². The molecule has 1 aromatic heterocycles. The highest BCUT2D eigenvalue weighted by molar-refractivity contribution is 6.01. The Morgan fingerprint density at radius 1 is 1.11 bits per heavy atom. The van der Waals surface area contributed by atoms with E-state index in [9.17, 15) is 5.11 Å². The van der Waals surface area contributed by atoms with Gasteiger partial charge in [0, 0.05) is 23.2 Å². The molecule has 3 nitrogen and oxygen atoms in total. The van der Waals surface area contributed by atoms with Gasteiger partial charge in [-0.15, -0.1) is 0 Å². The molecule has 100 valence electrons. The normalized spacial score (nSPS) is 18.1. The number of hydrogen-bond acceptors (Lipinski definition) is 2. The molecule has 0 bridgehead atoms. The summed E-state index contributed by atoms with van der Waals surface area (Å²) in [5.41, 5.74) is 1.78. The van der Waals surface area contributed by atoms with E-state index in [1.807, 2.05) is 30.5 Å². The van der Waals surface area contributed by atoms with E-state index in [4.69, 9.17) is 4.99 Å². The number of aromatic amines is 1. The fourth-order valence-electron chi connectivity index (χ4n) is 2.87. The smallest absolute Gasteiger partial charge is 0.198 e. The third-order valence-corrected chi connectivity index (χ3v) is 3.96. The van der Waals surface area contributed by atoms with Crippen LogP contribution in [0, 0.1) is 0 Å². The lowest BCUT2D eigenvalue weighted by molar-refractivity contribution is 0.457. The van der Waals surface area contributed by atoms with Crippen molar-refractivity contribution in [1.29, 1.82) is 0 Å². The van der Waals surface area contributed by atoms with Crippen molar-refractivity contribution in [1.82, 2.24) is 4.98 Å². The van der Waals surface area contributed by atoms with E-state index in [0.717, 1.165) is 16.5 Å². The van der Waals surface area contributed by atoms with Gasteiger partial charge in [0.05, 0.1) is 5.56 Å². The second kappa shape index (κ2) is 5.47. The van der Waals surface area contributed by atoms with E-state index >= 15 is 0 Å². The fraction of sp³-hybridized carbons (Fsp3) is 0.438. The Balaban J connectivity index is 1.85. The molecule has 3 rings (SSSR count). The quantitative estimate of drug-likeness (QED) is 0.619. The lowest BCUT2D eigenvalue weighted by Crippen LogP contribution is -2.02. The number of aromatic hydroxyl groups is 1. The molecule has 1 aliphatic carbocycles. The minimum atomic E-state index is 0.221. The fourth-order valence-corrected chi connectivity index (χ4v) is 2.87.